The number of fused-ring (bicyclic) bond motifs is 1. The number of aromatic nitrogens is 2. The number of nitrogens with zero attached hydrogens (tertiary/aromatic N) is 2. The Bertz CT molecular complexity index is 1380. The van der Waals surface area contributed by atoms with Crippen molar-refractivity contribution in [2.45, 2.75) is 43.5 Å². The minimum Gasteiger partial charge on any atom is -0.481 e. The maximum atomic E-state index is 14.0. The Morgan fingerprint density at radius 1 is 1.18 bits per heavy atom. The number of aryl methyl sites for hydroxylation is 3. The third kappa shape index (κ3) is 5.10. The van der Waals surface area contributed by atoms with Gasteiger partial charge in [0.1, 0.15) is 16.3 Å². The number of carboxylic acids is 1. The van der Waals surface area contributed by atoms with Crippen LogP contribution in [0.15, 0.2) is 39.6 Å². The summed E-state index contributed by atoms with van der Waals surface area (Å²) in [5, 5.41) is 9.29. The number of aliphatic carboxylic acids is 1. The van der Waals surface area contributed by atoms with Crippen molar-refractivity contribution in [2.75, 3.05) is 0 Å². The van der Waals surface area contributed by atoms with E-state index in [1.54, 1.807) is 6.92 Å². The summed E-state index contributed by atoms with van der Waals surface area (Å²) in [5.41, 5.74) is 1.86. The van der Waals surface area contributed by atoms with E-state index in [1.807, 2.05) is 19.1 Å². The molecule has 5 nitrogen and oxygen atoms in total. The van der Waals surface area contributed by atoms with Gasteiger partial charge in [0.2, 0.25) is 0 Å². The van der Waals surface area contributed by atoms with Crippen molar-refractivity contribution in [1.29, 1.82) is 0 Å². The van der Waals surface area contributed by atoms with Gasteiger partial charge in [0, 0.05) is 33.1 Å². The van der Waals surface area contributed by atoms with Gasteiger partial charge >= 0.3 is 12.1 Å². The predicted molar refractivity (Wildman–Crippen MR) is 122 cm³/mol. The van der Waals surface area contributed by atoms with Crippen molar-refractivity contribution in [3.8, 4) is 10.6 Å². The van der Waals surface area contributed by atoms with Crippen LogP contribution >= 0.6 is 23.1 Å². The van der Waals surface area contributed by atoms with Crippen LogP contribution in [0.5, 0.6) is 0 Å². The number of benzene rings is 2. The zero-order valence-electron chi connectivity index (χ0n) is 18.0. The molecule has 0 bridgehead atoms. The first-order chi connectivity index (χ1) is 16.0. The first-order valence-electron chi connectivity index (χ1n) is 10.1. The van der Waals surface area contributed by atoms with Gasteiger partial charge in [-0.25, -0.2) is 14.4 Å². The van der Waals surface area contributed by atoms with E-state index < -0.39 is 23.5 Å². The standard InChI is InChI=1S/C23H18F4N2O3S2/c1-11-17(6-5-16-21(11)32-19(29-16)7-8-20(30)31)33-10-18-12(2)28-22(34-18)13-3-4-14(15(24)9-13)23(25,26)27/h3-6,9H,7-8,10H2,1-2H3,(H,30,31). The second kappa shape index (κ2) is 9.38. The normalized spacial score (nSPS) is 11.9. The van der Waals surface area contributed by atoms with E-state index in [9.17, 15) is 22.4 Å². The quantitative estimate of drug-likeness (QED) is 0.212. The first-order valence-corrected chi connectivity index (χ1v) is 11.9. The number of carbonyl (C=O) groups is 1. The Kier molecular flexibility index (Phi) is 6.68. The average molecular weight is 511 g/mol. The molecule has 0 aliphatic heterocycles. The van der Waals surface area contributed by atoms with E-state index in [0.29, 0.717) is 33.3 Å². The van der Waals surface area contributed by atoms with Crippen LogP contribution in [-0.4, -0.2) is 21.0 Å². The number of halogens is 4. The largest absolute Gasteiger partial charge is 0.481 e. The van der Waals surface area contributed by atoms with E-state index in [-0.39, 0.29) is 12.8 Å². The lowest BCUT2D eigenvalue weighted by Crippen LogP contribution is -2.07. The van der Waals surface area contributed by atoms with Crippen molar-refractivity contribution >= 4 is 40.2 Å². The van der Waals surface area contributed by atoms with Crippen molar-refractivity contribution in [1.82, 2.24) is 9.97 Å². The Balaban J connectivity index is 1.52. The highest BCUT2D eigenvalue weighted by Crippen LogP contribution is 2.37. The van der Waals surface area contributed by atoms with Crippen LogP contribution in [-0.2, 0) is 23.1 Å². The summed E-state index contributed by atoms with van der Waals surface area (Å²) in [6.45, 7) is 3.70. The van der Waals surface area contributed by atoms with E-state index in [0.717, 1.165) is 33.2 Å². The molecule has 0 radical (unpaired) electrons. The molecule has 0 saturated carbocycles. The summed E-state index contributed by atoms with van der Waals surface area (Å²) in [4.78, 5) is 21.4. The molecule has 2 heterocycles. The highest BCUT2D eigenvalue weighted by atomic mass is 32.2. The third-order valence-corrected chi connectivity index (χ3v) is 7.70. The molecule has 2 aromatic carbocycles. The number of rotatable bonds is 7. The van der Waals surface area contributed by atoms with E-state index in [1.165, 1.54) is 29.2 Å². The predicted octanol–water partition coefficient (Wildman–Crippen LogP) is 7.04. The lowest BCUT2D eigenvalue weighted by Gasteiger charge is -2.08. The molecule has 2 aromatic heterocycles. The number of carboxylic acid groups (broad SMARTS) is 1. The van der Waals surface area contributed by atoms with Crippen LogP contribution in [0.2, 0.25) is 0 Å². The number of thiazole rings is 1. The zero-order valence-corrected chi connectivity index (χ0v) is 19.6. The van der Waals surface area contributed by atoms with Gasteiger partial charge in [-0.1, -0.05) is 6.07 Å². The summed E-state index contributed by atoms with van der Waals surface area (Å²) in [6, 6.07) is 6.55. The fourth-order valence-electron chi connectivity index (χ4n) is 3.34. The Morgan fingerprint density at radius 3 is 2.62 bits per heavy atom. The second-order valence-corrected chi connectivity index (χ2v) is 9.65. The maximum absolute atomic E-state index is 14.0. The molecular weight excluding hydrogens is 492 g/mol. The van der Waals surface area contributed by atoms with Crippen molar-refractivity contribution in [3.63, 3.8) is 0 Å². The molecule has 4 rings (SSSR count). The molecule has 0 spiro atoms. The molecule has 178 valence electrons. The summed E-state index contributed by atoms with van der Waals surface area (Å²) >= 11 is 2.85. The number of thioether (sulfide) groups is 1. The van der Waals surface area contributed by atoms with Crippen LogP contribution < -0.4 is 0 Å². The van der Waals surface area contributed by atoms with Crippen LogP contribution in [0.25, 0.3) is 21.7 Å². The fraction of sp³-hybridized carbons (Fsp3) is 0.261. The van der Waals surface area contributed by atoms with Crippen LogP contribution in [0.3, 0.4) is 0 Å². The van der Waals surface area contributed by atoms with E-state index in [4.69, 9.17) is 9.52 Å². The molecule has 0 saturated heterocycles. The molecule has 0 atom stereocenters. The van der Waals surface area contributed by atoms with E-state index >= 15 is 0 Å². The Morgan fingerprint density at radius 2 is 1.94 bits per heavy atom. The van der Waals surface area contributed by atoms with Crippen LogP contribution in [0, 0.1) is 19.7 Å². The van der Waals surface area contributed by atoms with Gasteiger partial charge in [0.15, 0.2) is 11.5 Å². The third-order valence-electron chi connectivity index (χ3n) is 5.13. The van der Waals surface area contributed by atoms with Crippen LogP contribution in [0.1, 0.15) is 34.0 Å². The van der Waals surface area contributed by atoms with Gasteiger partial charge in [-0.15, -0.1) is 23.1 Å². The van der Waals surface area contributed by atoms with Gasteiger partial charge in [-0.2, -0.15) is 13.2 Å². The second-order valence-electron chi connectivity index (χ2n) is 7.55. The SMILES string of the molecule is Cc1nc(-c2ccc(C(F)(F)F)c(F)c2)sc1CSc1ccc2nc(CCC(=O)O)oc2c1C. The monoisotopic (exact) mass is 510 g/mol. The van der Waals surface area contributed by atoms with Gasteiger partial charge in [0.25, 0.3) is 0 Å². The van der Waals surface area contributed by atoms with Gasteiger partial charge < -0.3 is 9.52 Å². The molecule has 0 fully saturated rings. The van der Waals surface area contributed by atoms with E-state index in [2.05, 4.69) is 9.97 Å². The first kappa shape index (κ1) is 24.2. The van der Waals surface area contributed by atoms with Crippen molar-refractivity contribution < 1.29 is 31.9 Å². The molecule has 1 N–H and O–H groups in total. The van der Waals surface area contributed by atoms with Crippen molar-refractivity contribution in [2.24, 2.45) is 0 Å². The lowest BCUT2D eigenvalue weighted by atomic mass is 10.1. The Labute approximate surface area is 199 Å². The molecule has 0 aliphatic carbocycles. The Hall–Kier alpha value is -2.92. The molecule has 11 heteroatoms. The minimum atomic E-state index is -4.75. The van der Waals surface area contributed by atoms with Gasteiger partial charge in [0.05, 0.1) is 17.7 Å². The molecule has 0 aliphatic rings. The number of hydrogen-bond acceptors (Lipinski definition) is 6. The minimum absolute atomic E-state index is 0.0662. The van der Waals surface area contributed by atoms with Gasteiger partial charge in [-0.05, 0) is 38.1 Å². The fourth-order valence-corrected chi connectivity index (χ4v) is 5.57. The van der Waals surface area contributed by atoms with Gasteiger partial charge in [-0.3, -0.25) is 4.79 Å². The number of oxazole rings is 1. The summed E-state index contributed by atoms with van der Waals surface area (Å²) in [7, 11) is 0. The number of hydrogen-bond donors (Lipinski definition) is 1. The zero-order chi connectivity index (χ0) is 24.6. The summed E-state index contributed by atoms with van der Waals surface area (Å²) in [5.74, 6) is -1.32. The average Bonchev–Trinajstić information content (AvgIpc) is 3.34. The molecule has 34 heavy (non-hydrogen) atoms. The molecule has 4 aromatic rings. The van der Waals surface area contributed by atoms with Crippen LogP contribution in [0.4, 0.5) is 17.6 Å². The summed E-state index contributed by atoms with van der Waals surface area (Å²) < 4.78 is 58.2. The molecule has 0 unspecified atom stereocenters. The topological polar surface area (TPSA) is 76.2 Å². The molecular formula is C23H18F4N2O3S2. The molecule has 0 amide bonds. The summed E-state index contributed by atoms with van der Waals surface area (Å²) in [6.07, 6.45) is -4.61. The smallest absolute Gasteiger partial charge is 0.419 e. The maximum Gasteiger partial charge on any atom is 0.419 e. The lowest BCUT2D eigenvalue weighted by molar-refractivity contribution is -0.140. The highest BCUT2D eigenvalue weighted by Gasteiger charge is 2.34. The number of alkyl halides is 3. The van der Waals surface area contributed by atoms with Crippen molar-refractivity contribution in [3.05, 3.63) is 63.7 Å². The highest BCUT2D eigenvalue weighted by molar-refractivity contribution is 7.98.